The van der Waals surface area contributed by atoms with Gasteiger partial charge in [-0.05, 0) is 31.5 Å². The molecule has 1 saturated heterocycles. The predicted molar refractivity (Wildman–Crippen MR) is 62.5 cm³/mol. The molecule has 1 N–H and O–H groups in total. The Morgan fingerprint density at radius 2 is 2.12 bits per heavy atom. The van der Waals surface area contributed by atoms with E-state index in [0.717, 1.165) is 32.9 Å². The topological polar surface area (TPSA) is 21.3 Å². The maximum Gasteiger partial charge on any atom is 0.274 e. The molecule has 1 fully saturated rings. The molecule has 0 aliphatic carbocycles. The van der Waals surface area contributed by atoms with E-state index in [-0.39, 0.29) is 11.7 Å². The summed E-state index contributed by atoms with van der Waals surface area (Å²) in [5.41, 5.74) is -0.0365. The highest BCUT2D eigenvalue weighted by atomic mass is 19.3. The molecule has 0 saturated carbocycles. The Hall–Kier alpha value is -1.16. The van der Waals surface area contributed by atoms with Crippen molar-refractivity contribution in [2.75, 3.05) is 13.1 Å². The van der Waals surface area contributed by atoms with Crippen molar-refractivity contribution in [1.82, 2.24) is 5.32 Å². The molecule has 2 rings (SSSR count). The van der Waals surface area contributed by atoms with Crippen molar-refractivity contribution in [3.63, 3.8) is 0 Å². The van der Waals surface area contributed by atoms with E-state index >= 15 is 0 Å². The molecule has 2 nitrogen and oxygen atoms in total. The molecule has 0 amide bonds. The van der Waals surface area contributed by atoms with Crippen LogP contribution in [0.15, 0.2) is 24.3 Å². The molecule has 1 heterocycles. The molecule has 1 aromatic rings. The highest BCUT2D eigenvalue weighted by Gasteiger charge is 2.29. The van der Waals surface area contributed by atoms with Crippen LogP contribution in [0.2, 0.25) is 0 Å². The largest absolute Gasteiger partial charge is 0.489 e. The fraction of sp³-hybridized carbons (Fsp3) is 0.538. The first-order valence-electron chi connectivity index (χ1n) is 5.92. The number of benzene rings is 1. The number of piperidine rings is 1. The van der Waals surface area contributed by atoms with Crippen LogP contribution in [-0.2, 0) is 5.92 Å². The predicted octanol–water partition coefficient (Wildman–Crippen LogP) is 2.93. The van der Waals surface area contributed by atoms with Crippen LogP contribution in [0.4, 0.5) is 8.78 Å². The van der Waals surface area contributed by atoms with Crippen LogP contribution >= 0.6 is 0 Å². The molecule has 0 bridgehead atoms. The van der Waals surface area contributed by atoms with Gasteiger partial charge in [0.05, 0.1) is 5.56 Å². The summed E-state index contributed by atoms with van der Waals surface area (Å²) in [4.78, 5) is 0. The maximum atomic E-state index is 13.4. The molecular weight excluding hydrogens is 224 g/mol. The summed E-state index contributed by atoms with van der Waals surface area (Å²) in [5.74, 6) is -2.56. The third-order valence-electron chi connectivity index (χ3n) is 2.91. The zero-order valence-corrected chi connectivity index (χ0v) is 9.88. The molecule has 94 valence electrons. The van der Waals surface area contributed by atoms with Crippen molar-refractivity contribution in [3.05, 3.63) is 29.8 Å². The van der Waals surface area contributed by atoms with Crippen LogP contribution in [0, 0.1) is 0 Å². The quantitative estimate of drug-likeness (QED) is 0.878. The number of rotatable bonds is 3. The molecule has 1 unspecified atom stereocenters. The van der Waals surface area contributed by atoms with Crippen LogP contribution < -0.4 is 10.1 Å². The normalized spacial score (nSPS) is 21.2. The number of halogens is 2. The second kappa shape index (κ2) is 5.00. The molecule has 1 aliphatic rings. The second-order valence-corrected chi connectivity index (χ2v) is 4.47. The lowest BCUT2D eigenvalue weighted by Gasteiger charge is -2.26. The zero-order valence-electron chi connectivity index (χ0n) is 9.88. The van der Waals surface area contributed by atoms with Gasteiger partial charge in [-0.15, -0.1) is 0 Å². The fourth-order valence-electron chi connectivity index (χ4n) is 2.03. The molecule has 0 aromatic heterocycles. The van der Waals surface area contributed by atoms with E-state index in [1.807, 2.05) is 0 Å². The smallest absolute Gasteiger partial charge is 0.274 e. The molecule has 1 atom stereocenters. The number of hydrogen-bond acceptors (Lipinski definition) is 2. The molecular formula is C13H17F2NO. The van der Waals surface area contributed by atoms with Crippen molar-refractivity contribution in [1.29, 1.82) is 0 Å². The zero-order chi connectivity index (χ0) is 12.3. The number of ether oxygens (including phenoxy) is 1. The highest BCUT2D eigenvalue weighted by Crippen LogP contribution is 2.34. The second-order valence-electron chi connectivity index (χ2n) is 4.47. The minimum Gasteiger partial charge on any atom is -0.489 e. The summed E-state index contributed by atoms with van der Waals surface area (Å²) in [6.45, 7) is 2.60. The third-order valence-corrected chi connectivity index (χ3v) is 2.91. The van der Waals surface area contributed by atoms with Crippen molar-refractivity contribution in [2.24, 2.45) is 0 Å². The van der Waals surface area contributed by atoms with Gasteiger partial charge in [0.25, 0.3) is 5.92 Å². The van der Waals surface area contributed by atoms with Crippen molar-refractivity contribution < 1.29 is 13.5 Å². The average molecular weight is 241 g/mol. The lowest BCUT2D eigenvalue weighted by molar-refractivity contribution is 0.0126. The van der Waals surface area contributed by atoms with Gasteiger partial charge in [0.1, 0.15) is 11.9 Å². The van der Waals surface area contributed by atoms with Crippen LogP contribution in [-0.4, -0.2) is 19.2 Å². The molecule has 1 aliphatic heterocycles. The Kier molecular flexibility index (Phi) is 3.62. The van der Waals surface area contributed by atoms with E-state index in [4.69, 9.17) is 4.74 Å². The molecule has 4 heteroatoms. The van der Waals surface area contributed by atoms with Crippen molar-refractivity contribution >= 4 is 0 Å². The lowest BCUT2D eigenvalue weighted by Crippen LogP contribution is -2.37. The van der Waals surface area contributed by atoms with Crippen LogP contribution in [0.5, 0.6) is 5.75 Å². The van der Waals surface area contributed by atoms with E-state index in [1.165, 1.54) is 6.07 Å². The SMILES string of the molecule is CC(F)(F)c1ccccc1OC1CCCNC1. The Morgan fingerprint density at radius 1 is 1.35 bits per heavy atom. The molecule has 1 aromatic carbocycles. The fourth-order valence-corrected chi connectivity index (χ4v) is 2.03. The minimum atomic E-state index is -2.86. The van der Waals surface area contributed by atoms with Crippen LogP contribution in [0.3, 0.4) is 0 Å². The van der Waals surface area contributed by atoms with Crippen LogP contribution in [0.25, 0.3) is 0 Å². The lowest BCUT2D eigenvalue weighted by atomic mass is 10.1. The Labute approximate surface area is 100.0 Å². The van der Waals surface area contributed by atoms with Gasteiger partial charge in [-0.1, -0.05) is 12.1 Å². The Bertz CT molecular complexity index is 370. The summed E-state index contributed by atoms with van der Waals surface area (Å²) in [6.07, 6.45) is 1.93. The highest BCUT2D eigenvalue weighted by molar-refractivity contribution is 5.36. The molecule has 0 radical (unpaired) electrons. The summed E-state index contributed by atoms with van der Waals surface area (Å²) < 4.78 is 32.4. The summed E-state index contributed by atoms with van der Waals surface area (Å²) in [7, 11) is 0. The molecule has 0 spiro atoms. The first kappa shape index (κ1) is 12.3. The van der Waals surface area contributed by atoms with Crippen LogP contribution in [0.1, 0.15) is 25.3 Å². The Morgan fingerprint density at radius 3 is 2.76 bits per heavy atom. The summed E-state index contributed by atoms with van der Waals surface area (Å²) in [5, 5.41) is 3.20. The van der Waals surface area contributed by atoms with E-state index in [1.54, 1.807) is 18.2 Å². The maximum absolute atomic E-state index is 13.4. The first-order valence-corrected chi connectivity index (χ1v) is 5.92. The van der Waals surface area contributed by atoms with Gasteiger partial charge in [0.2, 0.25) is 0 Å². The van der Waals surface area contributed by atoms with Gasteiger partial charge in [0.15, 0.2) is 0 Å². The monoisotopic (exact) mass is 241 g/mol. The first-order chi connectivity index (χ1) is 8.07. The number of alkyl halides is 2. The van der Waals surface area contributed by atoms with E-state index in [0.29, 0.717) is 5.75 Å². The number of para-hydroxylation sites is 1. The Balaban J connectivity index is 2.14. The van der Waals surface area contributed by atoms with Gasteiger partial charge >= 0.3 is 0 Å². The number of hydrogen-bond donors (Lipinski definition) is 1. The standard InChI is InChI=1S/C13H17F2NO/c1-13(14,15)11-6-2-3-7-12(11)17-10-5-4-8-16-9-10/h2-3,6-7,10,16H,4-5,8-9H2,1H3. The van der Waals surface area contributed by atoms with Gasteiger partial charge in [-0.2, -0.15) is 0 Å². The van der Waals surface area contributed by atoms with Crippen molar-refractivity contribution in [3.8, 4) is 5.75 Å². The van der Waals surface area contributed by atoms with Gasteiger partial charge < -0.3 is 10.1 Å². The average Bonchev–Trinajstić information content (AvgIpc) is 2.30. The van der Waals surface area contributed by atoms with E-state index in [9.17, 15) is 8.78 Å². The summed E-state index contributed by atoms with van der Waals surface area (Å²) in [6, 6.07) is 6.37. The third kappa shape index (κ3) is 3.16. The van der Waals surface area contributed by atoms with E-state index < -0.39 is 5.92 Å². The minimum absolute atomic E-state index is 0.00718. The summed E-state index contributed by atoms with van der Waals surface area (Å²) >= 11 is 0. The van der Waals surface area contributed by atoms with Gasteiger partial charge in [0, 0.05) is 13.5 Å². The van der Waals surface area contributed by atoms with Crippen molar-refractivity contribution in [2.45, 2.75) is 31.8 Å². The van der Waals surface area contributed by atoms with Gasteiger partial charge in [-0.25, -0.2) is 8.78 Å². The van der Waals surface area contributed by atoms with E-state index in [2.05, 4.69) is 5.32 Å². The van der Waals surface area contributed by atoms with Gasteiger partial charge in [-0.3, -0.25) is 0 Å². The number of nitrogens with one attached hydrogen (secondary N) is 1. The molecule has 17 heavy (non-hydrogen) atoms.